The summed E-state index contributed by atoms with van der Waals surface area (Å²) in [4.78, 5) is 12.0. The molecule has 0 radical (unpaired) electrons. The number of ether oxygens (including phenoxy) is 2. The number of carbonyl (C=O) groups is 1. The second-order valence-electron chi connectivity index (χ2n) is 6.96. The molecule has 1 aromatic heterocycles. The number of fused-ring (bicyclic) bond motifs is 1. The summed E-state index contributed by atoms with van der Waals surface area (Å²) < 4.78 is 64.7. The van der Waals surface area contributed by atoms with Gasteiger partial charge in [0.1, 0.15) is 6.61 Å². The van der Waals surface area contributed by atoms with E-state index < -0.39 is 23.6 Å². The van der Waals surface area contributed by atoms with E-state index in [4.69, 9.17) is 9.47 Å². The van der Waals surface area contributed by atoms with Crippen LogP contribution in [0.3, 0.4) is 0 Å². The summed E-state index contributed by atoms with van der Waals surface area (Å²) >= 11 is 0. The SMILES string of the molecule is COc1cc([C@@H]2CC(=O)Nc3n[nH]c(F)c32)ccc1OCc1ccccc1C(F)(F)F. The van der Waals surface area contributed by atoms with E-state index in [-0.39, 0.29) is 47.4 Å². The van der Waals surface area contributed by atoms with Gasteiger partial charge in [0.05, 0.1) is 18.2 Å². The zero-order valence-corrected chi connectivity index (χ0v) is 16.2. The van der Waals surface area contributed by atoms with Crippen molar-refractivity contribution < 1.29 is 31.8 Å². The second-order valence-corrected chi connectivity index (χ2v) is 6.96. The summed E-state index contributed by atoms with van der Waals surface area (Å²) in [7, 11) is 1.38. The van der Waals surface area contributed by atoms with Crippen LogP contribution in [0.25, 0.3) is 0 Å². The molecule has 1 aliphatic heterocycles. The molecule has 0 saturated carbocycles. The Labute approximate surface area is 174 Å². The number of hydrogen-bond donors (Lipinski definition) is 2. The van der Waals surface area contributed by atoms with Crippen LogP contribution in [0.4, 0.5) is 23.4 Å². The number of H-pyrrole nitrogens is 1. The van der Waals surface area contributed by atoms with E-state index in [1.54, 1.807) is 12.1 Å². The lowest BCUT2D eigenvalue weighted by atomic mass is 9.87. The molecular weight excluding hydrogens is 418 g/mol. The molecule has 10 heteroatoms. The van der Waals surface area contributed by atoms with Crippen LogP contribution in [-0.2, 0) is 17.6 Å². The van der Waals surface area contributed by atoms with E-state index in [1.807, 2.05) is 0 Å². The van der Waals surface area contributed by atoms with Gasteiger partial charge in [-0.15, -0.1) is 0 Å². The summed E-state index contributed by atoms with van der Waals surface area (Å²) in [5.74, 6) is -0.969. The fourth-order valence-corrected chi connectivity index (χ4v) is 3.60. The van der Waals surface area contributed by atoms with E-state index in [0.717, 1.165) is 6.07 Å². The highest BCUT2D eigenvalue weighted by Crippen LogP contribution is 2.41. The van der Waals surface area contributed by atoms with Gasteiger partial charge in [0.15, 0.2) is 17.3 Å². The molecule has 4 rings (SSSR count). The Morgan fingerprint density at radius 3 is 2.68 bits per heavy atom. The van der Waals surface area contributed by atoms with Gasteiger partial charge < -0.3 is 14.8 Å². The third-order valence-corrected chi connectivity index (χ3v) is 5.05. The molecule has 0 bridgehead atoms. The van der Waals surface area contributed by atoms with Crippen molar-refractivity contribution in [1.29, 1.82) is 0 Å². The van der Waals surface area contributed by atoms with Crippen LogP contribution in [0.15, 0.2) is 42.5 Å². The molecule has 31 heavy (non-hydrogen) atoms. The molecule has 6 nitrogen and oxygen atoms in total. The average molecular weight is 435 g/mol. The minimum atomic E-state index is -4.50. The zero-order valence-electron chi connectivity index (χ0n) is 16.2. The first-order valence-corrected chi connectivity index (χ1v) is 9.27. The van der Waals surface area contributed by atoms with E-state index >= 15 is 0 Å². The number of halogens is 4. The molecule has 1 aliphatic rings. The first kappa shape index (κ1) is 20.7. The topological polar surface area (TPSA) is 76.2 Å². The Balaban J connectivity index is 1.61. The normalized spacial score (nSPS) is 15.9. The number of nitrogens with one attached hydrogen (secondary N) is 2. The molecular formula is C21H17F4N3O3. The summed E-state index contributed by atoms with van der Waals surface area (Å²) in [6.07, 6.45) is -4.49. The number of amides is 1. The van der Waals surface area contributed by atoms with Crippen LogP contribution in [0.5, 0.6) is 11.5 Å². The van der Waals surface area contributed by atoms with E-state index in [1.165, 1.54) is 31.4 Å². The lowest BCUT2D eigenvalue weighted by molar-refractivity contribution is -0.138. The summed E-state index contributed by atoms with van der Waals surface area (Å²) in [6, 6.07) is 9.86. The number of carbonyl (C=O) groups excluding carboxylic acids is 1. The second kappa shape index (κ2) is 7.93. The number of rotatable bonds is 5. The Morgan fingerprint density at radius 2 is 1.94 bits per heavy atom. The maximum absolute atomic E-state index is 14.2. The number of benzene rings is 2. The van der Waals surface area contributed by atoms with Gasteiger partial charge in [0, 0.05) is 17.9 Å². The van der Waals surface area contributed by atoms with Gasteiger partial charge in [-0.25, -0.2) is 0 Å². The maximum Gasteiger partial charge on any atom is 0.416 e. The van der Waals surface area contributed by atoms with Crippen LogP contribution in [0, 0.1) is 5.95 Å². The summed E-state index contributed by atoms with van der Waals surface area (Å²) in [5.41, 5.74) is 0.0164. The number of anilines is 1. The first-order valence-electron chi connectivity index (χ1n) is 9.27. The van der Waals surface area contributed by atoms with Crippen LogP contribution in [0.1, 0.15) is 34.6 Å². The third-order valence-electron chi connectivity index (χ3n) is 5.05. The van der Waals surface area contributed by atoms with Crippen molar-refractivity contribution in [3.63, 3.8) is 0 Å². The quantitative estimate of drug-likeness (QED) is 0.573. The molecule has 2 heterocycles. The number of methoxy groups -OCH3 is 1. The monoisotopic (exact) mass is 435 g/mol. The predicted molar refractivity (Wildman–Crippen MR) is 102 cm³/mol. The molecule has 0 spiro atoms. The van der Waals surface area contributed by atoms with Crippen molar-refractivity contribution in [2.45, 2.75) is 25.1 Å². The fraction of sp³-hybridized carbons (Fsp3) is 0.238. The largest absolute Gasteiger partial charge is 0.493 e. The highest BCUT2D eigenvalue weighted by atomic mass is 19.4. The third kappa shape index (κ3) is 4.05. The average Bonchev–Trinajstić information content (AvgIpc) is 3.11. The molecule has 1 atom stereocenters. The van der Waals surface area contributed by atoms with Gasteiger partial charge >= 0.3 is 6.18 Å². The van der Waals surface area contributed by atoms with Gasteiger partial charge in [-0.1, -0.05) is 24.3 Å². The van der Waals surface area contributed by atoms with Crippen LogP contribution >= 0.6 is 0 Å². The molecule has 1 amide bonds. The number of alkyl halides is 3. The van der Waals surface area contributed by atoms with Gasteiger partial charge in [-0.2, -0.15) is 22.7 Å². The fourth-order valence-electron chi connectivity index (χ4n) is 3.60. The van der Waals surface area contributed by atoms with E-state index in [9.17, 15) is 22.4 Å². The molecule has 162 valence electrons. The Hall–Kier alpha value is -3.56. The molecule has 3 aromatic rings. The Bertz CT molecular complexity index is 1130. The highest BCUT2D eigenvalue weighted by molar-refractivity contribution is 5.94. The molecule has 2 aromatic carbocycles. The molecule has 0 fully saturated rings. The molecule has 0 unspecified atom stereocenters. The molecule has 2 N–H and O–H groups in total. The number of hydrogen-bond acceptors (Lipinski definition) is 4. The predicted octanol–water partition coefficient (Wildman–Crippen LogP) is 4.63. The van der Waals surface area contributed by atoms with E-state index in [2.05, 4.69) is 15.5 Å². The Kier molecular flexibility index (Phi) is 5.30. The van der Waals surface area contributed by atoms with Gasteiger partial charge in [-0.3, -0.25) is 9.89 Å². The van der Waals surface area contributed by atoms with Crippen molar-refractivity contribution in [2.75, 3.05) is 12.4 Å². The van der Waals surface area contributed by atoms with Gasteiger partial charge in [0.2, 0.25) is 11.9 Å². The number of aromatic nitrogens is 2. The standard InChI is InChI=1S/C21H17F4N3O3/c1-30-16-8-11(13-9-17(29)26-20-18(13)19(22)27-28-20)6-7-15(16)31-10-12-4-2-3-5-14(12)21(23,24)25/h2-8,13H,9-10H2,1H3,(H2,26,27,28,29)/t13-/m0/s1. The Morgan fingerprint density at radius 1 is 1.16 bits per heavy atom. The molecule has 0 aliphatic carbocycles. The van der Waals surface area contributed by atoms with Gasteiger partial charge in [-0.05, 0) is 23.8 Å². The number of aromatic amines is 1. The lowest BCUT2D eigenvalue weighted by Crippen LogP contribution is -2.23. The maximum atomic E-state index is 14.2. The lowest BCUT2D eigenvalue weighted by Gasteiger charge is -2.23. The van der Waals surface area contributed by atoms with Crippen molar-refractivity contribution in [3.8, 4) is 11.5 Å². The summed E-state index contributed by atoms with van der Waals surface area (Å²) in [5, 5.41) is 8.48. The van der Waals surface area contributed by atoms with E-state index in [0.29, 0.717) is 5.56 Å². The van der Waals surface area contributed by atoms with Gasteiger partial charge in [0.25, 0.3) is 0 Å². The minimum Gasteiger partial charge on any atom is -0.493 e. The molecule has 0 saturated heterocycles. The zero-order chi connectivity index (χ0) is 22.2. The number of nitrogens with zero attached hydrogens (tertiary/aromatic N) is 1. The first-order chi connectivity index (χ1) is 14.8. The smallest absolute Gasteiger partial charge is 0.416 e. The minimum absolute atomic E-state index is 0.00572. The highest BCUT2D eigenvalue weighted by Gasteiger charge is 2.34. The van der Waals surface area contributed by atoms with Crippen LogP contribution < -0.4 is 14.8 Å². The van der Waals surface area contributed by atoms with Crippen molar-refractivity contribution in [2.24, 2.45) is 0 Å². The van der Waals surface area contributed by atoms with Crippen LogP contribution in [-0.4, -0.2) is 23.2 Å². The van der Waals surface area contributed by atoms with Crippen molar-refractivity contribution >= 4 is 11.7 Å². The summed E-state index contributed by atoms with van der Waals surface area (Å²) in [6.45, 7) is -0.322. The van der Waals surface area contributed by atoms with Crippen molar-refractivity contribution in [1.82, 2.24) is 10.2 Å². The van der Waals surface area contributed by atoms with Crippen molar-refractivity contribution in [3.05, 3.63) is 70.7 Å². The van der Waals surface area contributed by atoms with Crippen LogP contribution in [0.2, 0.25) is 0 Å².